The van der Waals surface area contributed by atoms with E-state index in [-0.39, 0.29) is 5.91 Å². The molecule has 3 rings (SSSR count). The molecule has 140 valence electrons. The predicted octanol–water partition coefficient (Wildman–Crippen LogP) is 1.79. The first-order chi connectivity index (χ1) is 12.7. The quantitative estimate of drug-likeness (QED) is 0.756. The number of hydrogen-bond donors (Lipinski definition) is 1. The molecule has 1 aromatic heterocycles. The van der Waals surface area contributed by atoms with Crippen LogP contribution in [0.25, 0.3) is 0 Å². The highest BCUT2D eigenvalue weighted by Gasteiger charge is 2.13. The monoisotopic (exact) mass is 377 g/mol. The summed E-state index contributed by atoms with van der Waals surface area (Å²) in [4.78, 5) is 18.8. The number of methoxy groups -OCH3 is 1. The van der Waals surface area contributed by atoms with E-state index in [2.05, 4.69) is 15.2 Å². The van der Waals surface area contributed by atoms with Crippen LogP contribution in [0.2, 0.25) is 0 Å². The second-order valence-corrected chi connectivity index (χ2v) is 6.74. The van der Waals surface area contributed by atoms with Crippen molar-refractivity contribution in [3.8, 4) is 11.5 Å². The van der Waals surface area contributed by atoms with E-state index in [4.69, 9.17) is 14.2 Å². The van der Waals surface area contributed by atoms with Gasteiger partial charge in [-0.25, -0.2) is 4.98 Å². The number of amides is 1. The molecule has 7 nitrogen and oxygen atoms in total. The number of morpholine rings is 1. The van der Waals surface area contributed by atoms with Gasteiger partial charge in [-0.1, -0.05) is 0 Å². The largest absolute Gasteiger partial charge is 0.497 e. The molecule has 0 aliphatic carbocycles. The Hall–Kier alpha value is -2.16. The summed E-state index contributed by atoms with van der Waals surface area (Å²) in [7, 11) is 1.62. The molecule has 1 aliphatic rings. The maximum absolute atomic E-state index is 12.2. The van der Waals surface area contributed by atoms with Crippen molar-refractivity contribution in [3.05, 3.63) is 40.3 Å². The Bertz CT molecular complexity index is 699. The third kappa shape index (κ3) is 5.42. The Balaban J connectivity index is 1.41. The molecule has 1 fully saturated rings. The van der Waals surface area contributed by atoms with E-state index in [9.17, 15) is 4.79 Å². The van der Waals surface area contributed by atoms with Crippen LogP contribution >= 0.6 is 11.3 Å². The topological polar surface area (TPSA) is 72.9 Å². The normalized spacial score (nSPS) is 14.8. The van der Waals surface area contributed by atoms with Gasteiger partial charge in [-0.3, -0.25) is 9.69 Å². The van der Waals surface area contributed by atoms with Crippen LogP contribution in [0.1, 0.15) is 15.5 Å². The summed E-state index contributed by atoms with van der Waals surface area (Å²) < 4.78 is 16.1. The van der Waals surface area contributed by atoms with Gasteiger partial charge >= 0.3 is 0 Å². The zero-order valence-electron chi connectivity index (χ0n) is 14.8. The Morgan fingerprint density at radius 3 is 2.73 bits per heavy atom. The predicted molar refractivity (Wildman–Crippen MR) is 99.0 cm³/mol. The highest BCUT2D eigenvalue weighted by atomic mass is 32.1. The minimum Gasteiger partial charge on any atom is -0.497 e. The summed E-state index contributed by atoms with van der Waals surface area (Å²) in [5, 5.41) is 5.44. The average molecular weight is 377 g/mol. The summed E-state index contributed by atoms with van der Waals surface area (Å²) in [6, 6.07) is 7.35. The van der Waals surface area contributed by atoms with Crippen LogP contribution in [0.4, 0.5) is 0 Å². The molecule has 0 bridgehead atoms. The Kier molecular flexibility index (Phi) is 6.82. The molecule has 0 atom stereocenters. The van der Waals surface area contributed by atoms with Gasteiger partial charge in [-0.05, 0) is 24.3 Å². The number of nitrogens with zero attached hydrogens (tertiary/aromatic N) is 2. The molecule has 2 aromatic rings. The average Bonchev–Trinajstić information content (AvgIpc) is 3.17. The molecule has 0 unspecified atom stereocenters. The fraction of sp³-hybridized carbons (Fsp3) is 0.444. The number of nitrogens with one attached hydrogen (secondary N) is 1. The first kappa shape index (κ1) is 18.6. The maximum atomic E-state index is 12.2. The van der Waals surface area contributed by atoms with Crippen LogP contribution in [0, 0.1) is 0 Å². The molecule has 1 amide bonds. The van der Waals surface area contributed by atoms with Gasteiger partial charge in [0.05, 0.1) is 20.3 Å². The van der Waals surface area contributed by atoms with E-state index in [0.717, 1.165) is 49.4 Å². The van der Waals surface area contributed by atoms with Crippen molar-refractivity contribution in [2.75, 3.05) is 46.5 Å². The lowest BCUT2D eigenvalue weighted by atomic mass is 10.3. The van der Waals surface area contributed by atoms with Crippen molar-refractivity contribution in [3.63, 3.8) is 0 Å². The van der Waals surface area contributed by atoms with E-state index in [1.807, 2.05) is 24.3 Å². The molecule has 26 heavy (non-hydrogen) atoms. The molecule has 8 heteroatoms. The summed E-state index contributed by atoms with van der Waals surface area (Å²) >= 11 is 1.42. The maximum Gasteiger partial charge on any atom is 0.270 e. The number of rotatable bonds is 8. The SMILES string of the molecule is COc1ccc(OCc2nc(C(=O)NCCN3CCOCC3)cs2)cc1. The zero-order chi connectivity index (χ0) is 18.2. The molecule has 1 saturated heterocycles. The first-order valence-electron chi connectivity index (χ1n) is 8.54. The number of benzene rings is 1. The summed E-state index contributed by atoms with van der Waals surface area (Å²) in [6.45, 7) is 5.12. The molecule has 0 radical (unpaired) electrons. The number of carbonyl (C=O) groups excluding carboxylic acids is 1. The van der Waals surface area contributed by atoms with Crippen molar-refractivity contribution in [1.29, 1.82) is 0 Å². The fourth-order valence-electron chi connectivity index (χ4n) is 2.54. The van der Waals surface area contributed by atoms with Crippen LogP contribution < -0.4 is 14.8 Å². The molecule has 0 saturated carbocycles. The van der Waals surface area contributed by atoms with E-state index in [0.29, 0.717) is 18.8 Å². The van der Waals surface area contributed by atoms with Gasteiger partial charge in [0.25, 0.3) is 5.91 Å². The summed E-state index contributed by atoms with van der Waals surface area (Å²) in [6.07, 6.45) is 0. The minimum atomic E-state index is -0.148. The van der Waals surface area contributed by atoms with Gasteiger partial charge in [-0.2, -0.15) is 0 Å². The van der Waals surface area contributed by atoms with Gasteiger partial charge in [0.2, 0.25) is 0 Å². The van der Waals surface area contributed by atoms with E-state index >= 15 is 0 Å². The number of hydrogen-bond acceptors (Lipinski definition) is 7. The number of thiazole rings is 1. The van der Waals surface area contributed by atoms with Crippen molar-refractivity contribution >= 4 is 17.2 Å². The van der Waals surface area contributed by atoms with Crippen LogP contribution in [0.3, 0.4) is 0 Å². The third-order valence-corrected chi connectivity index (χ3v) is 4.85. The van der Waals surface area contributed by atoms with Gasteiger partial charge < -0.3 is 19.5 Å². The lowest BCUT2D eigenvalue weighted by Crippen LogP contribution is -2.41. The number of carbonyl (C=O) groups is 1. The van der Waals surface area contributed by atoms with Crippen LogP contribution in [0.5, 0.6) is 11.5 Å². The molecule has 1 aromatic carbocycles. The lowest BCUT2D eigenvalue weighted by Gasteiger charge is -2.26. The Morgan fingerprint density at radius 1 is 1.27 bits per heavy atom. The van der Waals surface area contributed by atoms with Gasteiger partial charge in [0, 0.05) is 31.6 Å². The van der Waals surface area contributed by atoms with E-state index < -0.39 is 0 Å². The first-order valence-corrected chi connectivity index (χ1v) is 9.42. The highest BCUT2D eigenvalue weighted by molar-refractivity contribution is 7.09. The standard InChI is InChI=1S/C18H23N3O4S/c1-23-14-2-4-15(5-3-14)25-12-17-20-16(13-26-17)18(22)19-6-7-21-8-10-24-11-9-21/h2-5,13H,6-12H2,1H3,(H,19,22). The van der Waals surface area contributed by atoms with E-state index in [1.54, 1.807) is 12.5 Å². The van der Waals surface area contributed by atoms with Crippen LogP contribution in [0.15, 0.2) is 29.6 Å². The Morgan fingerprint density at radius 2 is 2.00 bits per heavy atom. The fourth-order valence-corrected chi connectivity index (χ4v) is 3.23. The van der Waals surface area contributed by atoms with Gasteiger partial charge in [-0.15, -0.1) is 11.3 Å². The minimum absolute atomic E-state index is 0.148. The third-order valence-electron chi connectivity index (χ3n) is 4.02. The number of aromatic nitrogens is 1. The number of ether oxygens (including phenoxy) is 3. The summed E-state index contributed by atoms with van der Waals surface area (Å²) in [5.41, 5.74) is 0.435. The van der Waals surface area contributed by atoms with Crippen LogP contribution in [-0.2, 0) is 11.3 Å². The van der Waals surface area contributed by atoms with Gasteiger partial charge in [0.1, 0.15) is 28.8 Å². The Labute approximate surface area is 156 Å². The smallest absolute Gasteiger partial charge is 0.270 e. The van der Waals surface area contributed by atoms with Crippen molar-refractivity contribution in [2.45, 2.75) is 6.61 Å². The molecular formula is C18H23N3O4S. The molecule has 1 N–H and O–H groups in total. The zero-order valence-corrected chi connectivity index (χ0v) is 15.6. The second-order valence-electron chi connectivity index (χ2n) is 5.80. The van der Waals surface area contributed by atoms with Crippen molar-refractivity contribution in [2.24, 2.45) is 0 Å². The molecule has 2 heterocycles. The molecule has 0 spiro atoms. The van der Waals surface area contributed by atoms with Crippen LogP contribution in [-0.4, -0.2) is 62.3 Å². The molecule has 1 aliphatic heterocycles. The van der Waals surface area contributed by atoms with E-state index in [1.165, 1.54) is 11.3 Å². The highest BCUT2D eigenvalue weighted by Crippen LogP contribution is 2.19. The summed E-state index contributed by atoms with van der Waals surface area (Å²) in [5.74, 6) is 1.37. The molecular weight excluding hydrogens is 354 g/mol. The second kappa shape index (κ2) is 9.51. The lowest BCUT2D eigenvalue weighted by molar-refractivity contribution is 0.0383. The van der Waals surface area contributed by atoms with Gasteiger partial charge in [0.15, 0.2) is 0 Å². The van der Waals surface area contributed by atoms with Crippen molar-refractivity contribution in [1.82, 2.24) is 15.2 Å². The van der Waals surface area contributed by atoms with Crippen molar-refractivity contribution < 1.29 is 19.0 Å².